The second kappa shape index (κ2) is 9.73. The van der Waals surface area contributed by atoms with E-state index in [1.165, 1.54) is 17.6 Å². The van der Waals surface area contributed by atoms with Gasteiger partial charge in [0.25, 0.3) is 11.5 Å². The Hall–Kier alpha value is -3.22. The standard InChI is InChI=1S/C22H27N5O4/c1-14-6-5-8-27-19(14)25-20(26-12-15(2)31-16(3)13-26)18(22(27)29)10-17(11-23)21(28)24-7-9-30-4/h5-6,8,10,15-16H,7,9,12-13H2,1-4H3,(H,24,28)/b17-10+/t15-,16-/m1/s1. The number of carbonyl (C=O) groups is 1. The van der Waals surface area contributed by atoms with Crippen molar-refractivity contribution in [2.75, 3.05) is 38.3 Å². The summed E-state index contributed by atoms with van der Waals surface area (Å²) in [7, 11) is 1.52. The Balaban J connectivity index is 2.16. The van der Waals surface area contributed by atoms with Gasteiger partial charge in [0, 0.05) is 32.9 Å². The lowest BCUT2D eigenvalue weighted by Gasteiger charge is -2.36. The summed E-state index contributed by atoms with van der Waals surface area (Å²) >= 11 is 0. The van der Waals surface area contributed by atoms with Gasteiger partial charge in [-0.3, -0.25) is 14.0 Å². The number of nitriles is 1. The van der Waals surface area contributed by atoms with Crippen LogP contribution in [0.15, 0.2) is 28.7 Å². The Morgan fingerprint density at radius 2 is 2.13 bits per heavy atom. The molecule has 3 rings (SSSR count). The molecule has 0 aromatic carbocycles. The van der Waals surface area contributed by atoms with Crippen molar-refractivity contribution in [1.29, 1.82) is 5.26 Å². The molecule has 0 aliphatic carbocycles. The third-order valence-electron chi connectivity index (χ3n) is 5.03. The Kier molecular flexibility index (Phi) is 7.05. The van der Waals surface area contributed by atoms with Gasteiger partial charge in [-0.2, -0.15) is 5.26 Å². The second-order valence-electron chi connectivity index (χ2n) is 7.62. The maximum absolute atomic E-state index is 13.4. The number of methoxy groups -OCH3 is 1. The number of nitrogens with one attached hydrogen (secondary N) is 1. The number of pyridine rings is 1. The molecule has 9 nitrogen and oxygen atoms in total. The summed E-state index contributed by atoms with van der Waals surface area (Å²) in [4.78, 5) is 32.6. The van der Waals surface area contributed by atoms with E-state index in [1.54, 1.807) is 12.3 Å². The highest BCUT2D eigenvalue weighted by molar-refractivity contribution is 6.02. The van der Waals surface area contributed by atoms with Crippen molar-refractivity contribution < 1.29 is 14.3 Å². The SMILES string of the molecule is COCCNC(=O)/C(C#N)=C/c1c(N2C[C@@H](C)O[C@H](C)C2)nc2c(C)cccn2c1=O. The summed E-state index contributed by atoms with van der Waals surface area (Å²) in [5, 5.41) is 12.2. The number of hydrogen-bond acceptors (Lipinski definition) is 7. The monoisotopic (exact) mass is 425 g/mol. The number of ether oxygens (including phenoxy) is 2. The predicted molar refractivity (Wildman–Crippen MR) is 117 cm³/mol. The van der Waals surface area contributed by atoms with E-state index in [0.29, 0.717) is 31.2 Å². The van der Waals surface area contributed by atoms with Crippen molar-refractivity contribution in [2.24, 2.45) is 0 Å². The second-order valence-corrected chi connectivity index (χ2v) is 7.62. The molecule has 1 saturated heterocycles. The van der Waals surface area contributed by atoms with Gasteiger partial charge in [-0.15, -0.1) is 0 Å². The molecule has 0 radical (unpaired) electrons. The van der Waals surface area contributed by atoms with E-state index in [2.05, 4.69) is 5.32 Å². The number of rotatable bonds is 6. The summed E-state index contributed by atoms with van der Waals surface area (Å²) in [6.45, 7) is 7.47. The number of aryl methyl sites for hydroxylation is 1. The maximum atomic E-state index is 13.4. The van der Waals surface area contributed by atoms with Crippen molar-refractivity contribution in [2.45, 2.75) is 33.0 Å². The smallest absolute Gasteiger partial charge is 0.267 e. The highest BCUT2D eigenvalue weighted by atomic mass is 16.5. The van der Waals surface area contributed by atoms with Crippen LogP contribution in [0.4, 0.5) is 5.82 Å². The third kappa shape index (κ3) is 4.93. The van der Waals surface area contributed by atoms with Crippen LogP contribution in [0.25, 0.3) is 11.7 Å². The summed E-state index contributed by atoms with van der Waals surface area (Å²) in [6.07, 6.45) is 2.86. The van der Waals surface area contributed by atoms with Crippen molar-refractivity contribution in [3.05, 3.63) is 45.4 Å². The van der Waals surface area contributed by atoms with Gasteiger partial charge < -0.3 is 19.7 Å². The molecule has 9 heteroatoms. The van der Waals surface area contributed by atoms with Crippen LogP contribution in [-0.2, 0) is 14.3 Å². The molecule has 164 valence electrons. The Bertz CT molecular complexity index is 1090. The average Bonchev–Trinajstić information content (AvgIpc) is 2.73. The van der Waals surface area contributed by atoms with Crippen LogP contribution in [0.3, 0.4) is 0 Å². The normalized spacial score (nSPS) is 19.3. The first kappa shape index (κ1) is 22.5. The van der Waals surface area contributed by atoms with Crippen LogP contribution in [0.2, 0.25) is 0 Å². The number of nitrogens with zero attached hydrogens (tertiary/aromatic N) is 4. The molecule has 31 heavy (non-hydrogen) atoms. The van der Waals surface area contributed by atoms with Crippen molar-refractivity contribution >= 4 is 23.4 Å². The zero-order valence-electron chi connectivity index (χ0n) is 18.2. The Morgan fingerprint density at radius 3 is 2.77 bits per heavy atom. The number of carbonyl (C=O) groups excluding carboxylic acids is 1. The molecule has 1 aliphatic rings. The Morgan fingerprint density at radius 1 is 1.42 bits per heavy atom. The summed E-state index contributed by atoms with van der Waals surface area (Å²) in [5.41, 5.74) is 1.08. The van der Waals surface area contributed by atoms with Crippen molar-refractivity contribution in [3.63, 3.8) is 0 Å². The van der Waals surface area contributed by atoms with Gasteiger partial charge in [0.15, 0.2) is 0 Å². The van der Waals surface area contributed by atoms with E-state index in [-0.39, 0.29) is 35.4 Å². The molecule has 0 spiro atoms. The summed E-state index contributed by atoms with van der Waals surface area (Å²) < 4.78 is 12.2. The maximum Gasteiger partial charge on any atom is 0.267 e. The van der Waals surface area contributed by atoms with Crippen molar-refractivity contribution in [3.8, 4) is 6.07 Å². The topological polar surface area (TPSA) is 109 Å². The largest absolute Gasteiger partial charge is 0.383 e. The van der Waals surface area contributed by atoms with E-state index in [1.807, 2.05) is 37.8 Å². The molecular weight excluding hydrogens is 398 g/mol. The van der Waals surface area contributed by atoms with Gasteiger partial charge in [0.2, 0.25) is 0 Å². The number of aromatic nitrogens is 2. The van der Waals surface area contributed by atoms with Gasteiger partial charge >= 0.3 is 0 Å². The fourth-order valence-corrected chi connectivity index (χ4v) is 3.67. The van der Waals surface area contributed by atoms with Crippen LogP contribution >= 0.6 is 0 Å². The third-order valence-corrected chi connectivity index (χ3v) is 5.03. The molecule has 1 N–H and O–H groups in total. The van der Waals surface area contributed by atoms with Gasteiger partial charge in [-0.25, -0.2) is 4.98 Å². The fourth-order valence-electron chi connectivity index (χ4n) is 3.67. The lowest BCUT2D eigenvalue weighted by atomic mass is 10.1. The molecule has 2 aromatic rings. The molecule has 1 fully saturated rings. The highest BCUT2D eigenvalue weighted by Crippen LogP contribution is 2.24. The van der Waals surface area contributed by atoms with E-state index >= 15 is 0 Å². The van der Waals surface area contributed by atoms with Gasteiger partial charge in [-0.05, 0) is 38.5 Å². The molecule has 0 bridgehead atoms. The van der Waals surface area contributed by atoms with Crippen LogP contribution in [0.5, 0.6) is 0 Å². The number of morpholine rings is 1. The summed E-state index contributed by atoms with van der Waals surface area (Å²) in [6, 6.07) is 5.55. The van der Waals surface area contributed by atoms with Crippen molar-refractivity contribution in [1.82, 2.24) is 14.7 Å². The minimum Gasteiger partial charge on any atom is -0.383 e. The van der Waals surface area contributed by atoms with Gasteiger partial charge in [0.1, 0.15) is 23.1 Å². The van der Waals surface area contributed by atoms with Crippen LogP contribution < -0.4 is 15.8 Å². The minimum atomic E-state index is -0.567. The molecule has 2 atom stereocenters. The molecule has 0 saturated carbocycles. The van der Waals surface area contributed by atoms with Crippen LogP contribution in [-0.4, -0.2) is 60.9 Å². The number of hydrogen-bond donors (Lipinski definition) is 1. The van der Waals surface area contributed by atoms with Gasteiger partial charge in [0.05, 0.1) is 24.4 Å². The van der Waals surface area contributed by atoms with Crippen LogP contribution in [0, 0.1) is 18.3 Å². The quantitative estimate of drug-likeness (QED) is 0.422. The molecule has 1 aliphatic heterocycles. The molecule has 0 unspecified atom stereocenters. The van der Waals surface area contributed by atoms with Gasteiger partial charge in [-0.1, -0.05) is 6.07 Å². The first-order chi connectivity index (χ1) is 14.8. The fraction of sp³-hybridized carbons (Fsp3) is 0.455. The molecule has 1 amide bonds. The molecule has 2 aromatic heterocycles. The zero-order chi connectivity index (χ0) is 22.5. The lowest BCUT2D eigenvalue weighted by Crippen LogP contribution is -2.46. The number of fused-ring (bicyclic) bond motifs is 1. The summed E-state index contributed by atoms with van der Waals surface area (Å²) in [5.74, 6) is -0.123. The number of amides is 1. The average molecular weight is 425 g/mol. The van der Waals surface area contributed by atoms with Crippen LogP contribution in [0.1, 0.15) is 25.0 Å². The minimum absolute atomic E-state index is 0.0505. The Labute approximate surface area is 180 Å². The molecular formula is C22H27N5O4. The molecule has 3 heterocycles. The van der Waals surface area contributed by atoms with E-state index in [0.717, 1.165) is 5.56 Å². The van der Waals surface area contributed by atoms with E-state index in [4.69, 9.17) is 14.5 Å². The number of anilines is 1. The van der Waals surface area contributed by atoms with E-state index < -0.39 is 5.91 Å². The first-order valence-electron chi connectivity index (χ1n) is 10.2. The van der Waals surface area contributed by atoms with E-state index in [9.17, 15) is 14.9 Å². The lowest BCUT2D eigenvalue weighted by molar-refractivity contribution is -0.117. The first-order valence-corrected chi connectivity index (χ1v) is 10.2. The predicted octanol–water partition coefficient (Wildman–Crippen LogP) is 1.29. The highest BCUT2D eigenvalue weighted by Gasteiger charge is 2.27. The zero-order valence-corrected chi connectivity index (χ0v) is 18.2.